The molecule has 164 valence electrons. The molecule has 3 rings (SSSR count). The molecule has 0 aliphatic carbocycles. The summed E-state index contributed by atoms with van der Waals surface area (Å²) < 4.78 is 9.70. The van der Waals surface area contributed by atoms with Crippen molar-refractivity contribution in [1.82, 2.24) is 5.32 Å². The molecule has 32 heavy (non-hydrogen) atoms. The van der Waals surface area contributed by atoms with E-state index in [0.29, 0.717) is 21.8 Å². The SMILES string of the molecule is CCOC(=O)Oc1ccc(C(=O)Nc2ccccc2CNC(=O)c2ccccc2Cl)cc1. The first-order chi connectivity index (χ1) is 15.5. The van der Waals surface area contributed by atoms with E-state index in [0.717, 1.165) is 5.56 Å². The first-order valence-electron chi connectivity index (χ1n) is 9.84. The molecule has 0 aromatic heterocycles. The van der Waals surface area contributed by atoms with Crippen LogP contribution in [-0.2, 0) is 11.3 Å². The summed E-state index contributed by atoms with van der Waals surface area (Å²) in [6.45, 7) is 2.08. The second-order valence-corrected chi connectivity index (χ2v) is 6.99. The van der Waals surface area contributed by atoms with Gasteiger partial charge in [0.05, 0.1) is 17.2 Å². The van der Waals surface area contributed by atoms with E-state index in [9.17, 15) is 14.4 Å². The van der Waals surface area contributed by atoms with Crippen molar-refractivity contribution in [3.8, 4) is 5.75 Å². The highest BCUT2D eigenvalue weighted by Gasteiger charge is 2.13. The molecule has 0 aliphatic heterocycles. The van der Waals surface area contributed by atoms with Crippen LogP contribution in [0.4, 0.5) is 10.5 Å². The number of carbonyl (C=O) groups excluding carboxylic acids is 3. The van der Waals surface area contributed by atoms with Gasteiger partial charge in [-0.15, -0.1) is 0 Å². The summed E-state index contributed by atoms with van der Waals surface area (Å²) in [5.74, 6) is -0.394. The Morgan fingerprint density at radius 1 is 0.875 bits per heavy atom. The first-order valence-corrected chi connectivity index (χ1v) is 10.2. The van der Waals surface area contributed by atoms with Crippen molar-refractivity contribution in [2.45, 2.75) is 13.5 Å². The summed E-state index contributed by atoms with van der Waals surface area (Å²) in [4.78, 5) is 36.4. The van der Waals surface area contributed by atoms with Crippen molar-refractivity contribution in [3.63, 3.8) is 0 Å². The lowest BCUT2D eigenvalue weighted by Gasteiger charge is -2.13. The van der Waals surface area contributed by atoms with Gasteiger partial charge in [-0.25, -0.2) is 4.79 Å². The van der Waals surface area contributed by atoms with Crippen molar-refractivity contribution in [1.29, 1.82) is 0 Å². The number of halogens is 1. The molecule has 2 N–H and O–H groups in total. The third kappa shape index (κ3) is 6.09. The van der Waals surface area contributed by atoms with Crippen LogP contribution in [0.25, 0.3) is 0 Å². The molecule has 0 saturated heterocycles. The summed E-state index contributed by atoms with van der Waals surface area (Å²) in [5, 5.41) is 6.01. The van der Waals surface area contributed by atoms with Crippen LogP contribution in [0.3, 0.4) is 0 Å². The highest BCUT2D eigenvalue weighted by atomic mass is 35.5. The van der Waals surface area contributed by atoms with Gasteiger partial charge in [0.2, 0.25) is 0 Å². The molecular formula is C24H21ClN2O5. The molecule has 0 radical (unpaired) electrons. The quantitative estimate of drug-likeness (QED) is 0.386. The van der Waals surface area contributed by atoms with E-state index in [2.05, 4.69) is 10.6 Å². The van der Waals surface area contributed by atoms with Gasteiger partial charge >= 0.3 is 6.16 Å². The molecule has 0 fully saturated rings. The molecule has 3 aromatic rings. The van der Waals surface area contributed by atoms with Crippen LogP contribution in [0.2, 0.25) is 5.02 Å². The molecule has 0 unspecified atom stereocenters. The van der Waals surface area contributed by atoms with Crippen LogP contribution in [0.15, 0.2) is 72.8 Å². The van der Waals surface area contributed by atoms with Crippen molar-refractivity contribution in [2.75, 3.05) is 11.9 Å². The minimum absolute atomic E-state index is 0.201. The van der Waals surface area contributed by atoms with Crippen LogP contribution in [0, 0.1) is 0 Å². The molecule has 0 bridgehead atoms. The van der Waals surface area contributed by atoms with Gasteiger partial charge in [0.1, 0.15) is 5.75 Å². The van der Waals surface area contributed by atoms with Crippen molar-refractivity contribution < 1.29 is 23.9 Å². The maximum atomic E-state index is 12.7. The van der Waals surface area contributed by atoms with Gasteiger partial charge < -0.3 is 20.1 Å². The van der Waals surface area contributed by atoms with E-state index in [-0.39, 0.29) is 30.7 Å². The van der Waals surface area contributed by atoms with E-state index in [1.807, 2.05) is 6.07 Å². The number of rotatable bonds is 7. The van der Waals surface area contributed by atoms with Crippen LogP contribution >= 0.6 is 11.6 Å². The second kappa shape index (κ2) is 11.0. The molecule has 0 atom stereocenters. The number of carbonyl (C=O) groups is 3. The topological polar surface area (TPSA) is 93.7 Å². The largest absolute Gasteiger partial charge is 0.513 e. The monoisotopic (exact) mass is 452 g/mol. The third-order valence-electron chi connectivity index (χ3n) is 4.40. The van der Waals surface area contributed by atoms with Crippen molar-refractivity contribution in [2.24, 2.45) is 0 Å². The number of nitrogens with one attached hydrogen (secondary N) is 2. The van der Waals surface area contributed by atoms with Crippen LogP contribution in [-0.4, -0.2) is 24.6 Å². The highest BCUT2D eigenvalue weighted by Crippen LogP contribution is 2.19. The lowest BCUT2D eigenvalue weighted by Crippen LogP contribution is -2.24. The van der Waals surface area contributed by atoms with Gasteiger partial charge in [-0.1, -0.05) is 41.9 Å². The Kier molecular flexibility index (Phi) is 7.83. The zero-order chi connectivity index (χ0) is 22.9. The van der Waals surface area contributed by atoms with Crippen LogP contribution < -0.4 is 15.4 Å². The summed E-state index contributed by atoms with van der Waals surface area (Å²) in [5.41, 5.74) is 2.03. The Bertz CT molecular complexity index is 1120. The Morgan fingerprint density at radius 2 is 1.56 bits per heavy atom. The fourth-order valence-electron chi connectivity index (χ4n) is 2.82. The Labute approximate surface area is 190 Å². The van der Waals surface area contributed by atoms with Gasteiger partial charge in [0, 0.05) is 17.8 Å². The third-order valence-corrected chi connectivity index (χ3v) is 4.73. The average Bonchev–Trinajstić information content (AvgIpc) is 2.79. The second-order valence-electron chi connectivity index (χ2n) is 6.58. The summed E-state index contributed by atoms with van der Waals surface area (Å²) >= 11 is 6.07. The summed E-state index contributed by atoms with van der Waals surface area (Å²) in [6.07, 6.45) is -0.808. The Hall–Kier alpha value is -3.84. The maximum absolute atomic E-state index is 12.7. The molecule has 0 heterocycles. The number of hydrogen-bond acceptors (Lipinski definition) is 5. The van der Waals surface area contributed by atoms with Gasteiger partial charge in [0.15, 0.2) is 0 Å². The lowest BCUT2D eigenvalue weighted by molar-refractivity contribution is 0.0949. The smallest absolute Gasteiger partial charge is 0.434 e. The van der Waals surface area contributed by atoms with E-state index in [1.54, 1.807) is 49.4 Å². The lowest BCUT2D eigenvalue weighted by atomic mass is 10.1. The highest BCUT2D eigenvalue weighted by molar-refractivity contribution is 6.33. The van der Waals surface area contributed by atoms with E-state index >= 15 is 0 Å². The van der Waals surface area contributed by atoms with Crippen LogP contribution in [0.1, 0.15) is 33.2 Å². The van der Waals surface area contributed by atoms with Gasteiger partial charge in [-0.3, -0.25) is 9.59 Å². The fraction of sp³-hybridized carbons (Fsp3) is 0.125. The maximum Gasteiger partial charge on any atom is 0.513 e. The fourth-order valence-corrected chi connectivity index (χ4v) is 3.05. The molecule has 8 heteroatoms. The van der Waals surface area contributed by atoms with Gasteiger partial charge in [0.25, 0.3) is 11.8 Å². The number of anilines is 1. The zero-order valence-corrected chi connectivity index (χ0v) is 18.0. The molecule has 3 aromatic carbocycles. The Balaban J connectivity index is 1.64. The molecule has 0 saturated carbocycles. The normalized spacial score (nSPS) is 10.2. The zero-order valence-electron chi connectivity index (χ0n) is 17.3. The number of amides is 2. The molecule has 0 aliphatic rings. The number of ether oxygens (including phenoxy) is 2. The Morgan fingerprint density at radius 3 is 2.28 bits per heavy atom. The molecular weight excluding hydrogens is 432 g/mol. The van der Waals surface area contributed by atoms with E-state index in [4.69, 9.17) is 21.1 Å². The van der Waals surface area contributed by atoms with Crippen molar-refractivity contribution in [3.05, 3.63) is 94.5 Å². The predicted molar refractivity (Wildman–Crippen MR) is 121 cm³/mol. The van der Waals surface area contributed by atoms with E-state index < -0.39 is 6.16 Å². The molecule has 2 amide bonds. The van der Waals surface area contributed by atoms with Crippen molar-refractivity contribution >= 4 is 35.3 Å². The minimum atomic E-state index is -0.808. The van der Waals surface area contributed by atoms with E-state index in [1.165, 1.54) is 24.3 Å². The van der Waals surface area contributed by atoms with Gasteiger partial charge in [-0.2, -0.15) is 0 Å². The number of para-hydroxylation sites is 1. The minimum Gasteiger partial charge on any atom is -0.434 e. The summed E-state index contributed by atoms with van der Waals surface area (Å²) in [6, 6.07) is 20.0. The van der Waals surface area contributed by atoms with Crippen LogP contribution in [0.5, 0.6) is 5.75 Å². The molecule has 7 nitrogen and oxygen atoms in total. The predicted octanol–water partition coefficient (Wildman–Crippen LogP) is 5.06. The average molecular weight is 453 g/mol. The van der Waals surface area contributed by atoms with Gasteiger partial charge in [-0.05, 0) is 55.0 Å². The number of benzene rings is 3. The standard InChI is InChI=1S/C24H21ClN2O5/c1-2-31-24(30)32-18-13-11-16(12-14-18)22(28)27-21-10-6-3-7-17(21)15-26-23(29)19-8-4-5-9-20(19)25/h3-14H,2,15H2,1H3,(H,26,29)(H,27,28). The molecule has 0 spiro atoms. The number of hydrogen-bond donors (Lipinski definition) is 2. The first kappa shape index (κ1) is 22.8. The summed E-state index contributed by atoms with van der Waals surface area (Å²) in [7, 11) is 0.